The van der Waals surface area contributed by atoms with Crippen molar-refractivity contribution in [3.8, 4) is 6.07 Å². The standard InChI is InChI=1S/C13H17N3O2/c1-3-6-13(2,12(17)18)16-9-10-5-4-7-15-11(10)8-14/h4-5,7,16H,3,6,9H2,1-2H3,(H,17,18). The number of aromatic nitrogens is 1. The highest BCUT2D eigenvalue weighted by molar-refractivity contribution is 5.78. The third kappa shape index (κ3) is 3.28. The summed E-state index contributed by atoms with van der Waals surface area (Å²) in [5, 5.41) is 21.1. The van der Waals surface area contributed by atoms with E-state index in [1.54, 1.807) is 25.3 Å². The number of nitriles is 1. The Kier molecular flexibility index (Phi) is 4.81. The van der Waals surface area contributed by atoms with Crippen molar-refractivity contribution >= 4 is 5.97 Å². The number of nitrogens with one attached hydrogen (secondary N) is 1. The molecular formula is C13H17N3O2. The number of carboxylic acids is 1. The molecule has 2 N–H and O–H groups in total. The first-order chi connectivity index (χ1) is 8.53. The summed E-state index contributed by atoms with van der Waals surface area (Å²) >= 11 is 0. The van der Waals surface area contributed by atoms with Crippen LogP contribution in [-0.4, -0.2) is 21.6 Å². The molecule has 0 aromatic carbocycles. The Morgan fingerprint density at radius 2 is 2.39 bits per heavy atom. The molecule has 1 atom stereocenters. The van der Waals surface area contributed by atoms with Crippen LogP contribution < -0.4 is 5.32 Å². The molecule has 1 rings (SSSR count). The predicted molar refractivity (Wildman–Crippen MR) is 66.7 cm³/mol. The van der Waals surface area contributed by atoms with E-state index in [9.17, 15) is 9.90 Å². The zero-order valence-corrected chi connectivity index (χ0v) is 10.6. The molecule has 0 fully saturated rings. The van der Waals surface area contributed by atoms with Gasteiger partial charge in [-0.3, -0.25) is 10.1 Å². The van der Waals surface area contributed by atoms with E-state index in [2.05, 4.69) is 10.3 Å². The first-order valence-corrected chi connectivity index (χ1v) is 5.86. The van der Waals surface area contributed by atoms with E-state index in [1.165, 1.54) is 0 Å². The Morgan fingerprint density at radius 1 is 1.67 bits per heavy atom. The van der Waals surface area contributed by atoms with Gasteiger partial charge in [-0.15, -0.1) is 0 Å². The summed E-state index contributed by atoms with van der Waals surface area (Å²) in [6.07, 6.45) is 2.85. The summed E-state index contributed by atoms with van der Waals surface area (Å²) in [6.45, 7) is 3.91. The van der Waals surface area contributed by atoms with Crippen LogP contribution in [0.25, 0.3) is 0 Å². The lowest BCUT2D eigenvalue weighted by molar-refractivity contribution is -0.144. The number of hydrogen-bond acceptors (Lipinski definition) is 4. The fourth-order valence-electron chi connectivity index (χ4n) is 1.74. The Morgan fingerprint density at radius 3 is 2.94 bits per heavy atom. The third-order valence-corrected chi connectivity index (χ3v) is 2.89. The molecule has 0 bridgehead atoms. The van der Waals surface area contributed by atoms with Crippen LogP contribution in [0, 0.1) is 11.3 Å². The quantitative estimate of drug-likeness (QED) is 0.798. The summed E-state index contributed by atoms with van der Waals surface area (Å²) < 4.78 is 0. The number of aliphatic carboxylic acids is 1. The van der Waals surface area contributed by atoms with Crippen LogP contribution in [0.5, 0.6) is 0 Å². The lowest BCUT2D eigenvalue weighted by atomic mass is 9.96. The van der Waals surface area contributed by atoms with Crippen LogP contribution in [0.4, 0.5) is 0 Å². The Balaban J connectivity index is 2.80. The van der Waals surface area contributed by atoms with Gasteiger partial charge in [-0.1, -0.05) is 19.4 Å². The van der Waals surface area contributed by atoms with E-state index >= 15 is 0 Å². The Labute approximate surface area is 106 Å². The minimum absolute atomic E-state index is 0.319. The van der Waals surface area contributed by atoms with Crippen molar-refractivity contribution in [2.75, 3.05) is 0 Å². The van der Waals surface area contributed by atoms with Gasteiger partial charge in [0, 0.05) is 18.3 Å². The highest BCUT2D eigenvalue weighted by Crippen LogP contribution is 2.14. The van der Waals surface area contributed by atoms with Gasteiger partial charge >= 0.3 is 5.97 Å². The number of rotatable bonds is 6. The molecule has 1 aromatic heterocycles. The first-order valence-electron chi connectivity index (χ1n) is 5.86. The Bertz CT molecular complexity index is 468. The van der Waals surface area contributed by atoms with Gasteiger partial charge < -0.3 is 5.11 Å². The molecule has 1 heterocycles. The maximum atomic E-state index is 11.2. The fraction of sp³-hybridized carbons (Fsp3) is 0.462. The fourth-order valence-corrected chi connectivity index (χ4v) is 1.74. The highest BCUT2D eigenvalue weighted by Gasteiger charge is 2.31. The second-order valence-corrected chi connectivity index (χ2v) is 4.36. The molecule has 1 aromatic rings. The van der Waals surface area contributed by atoms with E-state index in [0.29, 0.717) is 24.2 Å². The second-order valence-electron chi connectivity index (χ2n) is 4.36. The molecule has 0 aliphatic heterocycles. The van der Waals surface area contributed by atoms with Gasteiger partial charge in [-0.2, -0.15) is 5.26 Å². The second kappa shape index (κ2) is 6.12. The van der Waals surface area contributed by atoms with E-state index in [1.807, 2.05) is 13.0 Å². The molecule has 0 saturated heterocycles. The molecule has 0 spiro atoms. The van der Waals surface area contributed by atoms with Crippen LogP contribution in [0.3, 0.4) is 0 Å². The van der Waals surface area contributed by atoms with Crippen LogP contribution in [0.2, 0.25) is 0 Å². The largest absolute Gasteiger partial charge is 0.480 e. The monoisotopic (exact) mass is 247 g/mol. The summed E-state index contributed by atoms with van der Waals surface area (Å²) in [6, 6.07) is 5.50. The summed E-state index contributed by atoms with van der Waals surface area (Å²) in [7, 11) is 0. The van der Waals surface area contributed by atoms with Crippen LogP contribution >= 0.6 is 0 Å². The minimum atomic E-state index is -0.975. The molecular weight excluding hydrogens is 230 g/mol. The van der Waals surface area contributed by atoms with Crippen molar-refractivity contribution in [1.82, 2.24) is 10.3 Å². The van der Waals surface area contributed by atoms with Crippen LogP contribution in [0.1, 0.15) is 37.9 Å². The van der Waals surface area contributed by atoms with E-state index in [-0.39, 0.29) is 0 Å². The number of carbonyl (C=O) groups is 1. The molecule has 18 heavy (non-hydrogen) atoms. The summed E-state index contributed by atoms with van der Waals surface area (Å²) in [4.78, 5) is 15.2. The lowest BCUT2D eigenvalue weighted by Gasteiger charge is -2.26. The average molecular weight is 247 g/mol. The van der Waals surface area contributed by atoms with Gasteiger partial charge in [0.05, 0.1) is 0 Å². The van der Waals surface area contributed by atoms with Gasteiger partial charge in [0.25, 0.3) is 0 Å². The zero-order chi connectivity index (χ0) is 13.6. The van der Waals surface area contributed by atoms with Crippen molar-refractivity contribution in [2.45, 2.75) is 38.8 Å². The molecule has 1 unspecified atom stereocenters. The van der Waals surface area contributed by atoms with Crippen LogP contribution in [-0.2, 0) is 11.3 Å². The minimum Gasteiger partial charge on any atom is -0.480 e. The molecule has 0 saturated carbocycles. The molecule has 0 amide bonds. The van der Waals surface area contributed by atoms with Crippen molar-refractivity contribution < 1.29 is 9.90 Å². The van der Waals surface area contributed by atoms with Gasteiger partial charge in [0.2, 0.25) is 0 Å². The van der Waals surface area contributed by atoms with Crippen molar-refractivity contribution in [2.24, 2.45) is 0 Å². The molecule has 5 nitrogen and oxygen atoms in total. The lowest BCUT2D eigenvalue weighted by Crippen LogP contribution is -2.49. The summed E-state index contributed by atoms with van der Waals surface area (Å²) in [5.41, 5.74) is 0.0648. The highest BCUT2D eigenvalue weighted by atomic mass is 16.4. The topological polar surface area (TPSA) is 86.0 Å². The van der Waals surface area contributed by atoms with Gasteiger partial charge in [-0.25, -0.2) is 4.98 Å². The number of pyridine rings is 1. The molecule has 5 heteroatoms. The smallest absolute Gasteiger partial charge is 0.323 e. The van der Waals surface area contributed by atoms with Crippen molar-refractivity contribution in [3.63, 3.8) is 0 Å². The molecule has 96 valence electrons. The van der Waals surface area contributed by atoms with E-state index in [0.717, 1.165) is 6.42 Å². The maximum absolute atomic E-state index is 11.2. The van der Waals surface area contributed by atoms with Crippen molar-refractivity contribution in [1.29, 1.82) is 5.26 Å². The number of carboxylic acid groups (broad SMARTS) is 1. The predicted octanol–water partition coefficient (Wildman–Crippen LogP) is 1.69. The first kappa shape index (κ1) is 14.1. The SMILES string of the molecule is CCCC(C)(NCc1cccnc1C#N)C(=O)O. The average Bonchev–Trinajstić information content (AvgIpc) is 2.37. The maximum Gasteiger partial charge on any atom is 0.323 e. The van der Waals surface area contributed by atoms with Crippen molar-refractivity contribution in [3.05, 3.63) is 29.6 Å². The van der Waals surface area contributed by atoms with E-state index < -0.39 is 11.5 Å². The normalized spacial score (nSPS) is 13.6. The molecule has 0 radical (unpaired) electrons. The molecule has 0 aliphatic carbocycles. The number of hydrogen-bond donors (Lipinski definition) is 2. The molecule has 0 aliphatic rings. The van der Waals surface area contributed by atoms with Gasteiger partial charge in [0.15, 0.2) is 0 Å². The number of nitrogens with zero attached hydrogens (tertiary/aromatic N) is 2. The third-order valence-electron chi connectivity index (χ3n) is 2.89. The van der Waals surface area contributed by atoms with Gasteiger partial charge in [-0.05, 0) is 19.4 Å². The zero-order valence-electron chi connectivity index (χ0n) is 10.6. The van der Waals surface area contributed by atoms with E-state index in [4.69, 9.17) is 5.26 Å². The summed E-state index contributed by atoms with van der Waals surface area (Å²) in [5.74, 6) is -0.883. The van der Waals surface area contributed by atoms with Gasteiger partial charge in [0.1, 0.15) is 17.3 Å². The Hall–Kier alpha value is -1.93. The van der Waals surface area contributed by atoms with Crippen LogP contribution in [0.15, 0.2) is 18.3 Å².